The zero-order valence-electron chi connectivity index (χ0n) is 27.1. The van der Waals surface area contributed by atoms with Gasteiger partial charge in [0.2, 0.25) is 0 Å². The Morgan fingerprint density at radius 3 is 2.69 bits per heavy atom. The third-order valence-electron chi connectivity index (χ3n) is 10.0. The maximum Gasteiger partial charge on any atom is 0.407 e. The van der Waals surface area contributed by atoms with Gasteiger partial charge in [0.25, 0.3) is 0 Å². The smallest absolute Gasteiger partial charge is 0.407 e. The summed E-state index contributed by atoms with van der Waals surface area (Å²) in [5, 5.41) is 14.6. The molecule has 4 aliphatic rings. The number of H-pyrrole nitrogens is 1. The van der Waals surface area contributed by atoms with Crippen LogP contribution in [0.15, 0.2) is 42.1 Å². The molecule has 12 heteroatoms. The number of methoxy groups -OCH3 is 1. The Kier molecular flexibility index (Phi) is 9.79. The Balaban J connectivity index is 1.47. The normalized spacial score (nSPS) is 39.2. The molecule has 1 amide bonds. The second kappa shape index (κ2) is 13.3. The molecule has 2 aliphatic heterocycles. The van der Waals surface area contributed by atoms with E-state index in [1.807, 2.05) is 58.0 Å². The van der Waals surface area contributed by atoms with Crippen molar-refractivity contribution >= 4 is 18.0 Å². The first-order valence-electron chi connectivity index (χ1n) is 15.8. The number of rotatable bonds is 8. The van der Waals surface area contributed by atoms with Crippen LogP contribution in [-0.4, -0.2) is 110 Å². The maximum atomic E-state index is 13.5. The van der Waals surface area contributed by atoms with E-state index in [1.165, 1.54) is 7.11 Å². The van der Waals surface area contributed by atoms with E-state index in [0.29, 0.717) is 18.8 Å². The number of hydrogen-bond acceptors (Lipinski definition) is 10. The van der Waals surface area contributed by atoms with Crippen LogP contribution in [0.3, 0.4) is 0 Å². The lowest BCUT2D eigenvalue weighted by atomic mass is 9.57. The first kappa shape index (κ1) is 33.2. The minimum atomic E-state index is -0.994. The van der Waals surface area contributed by atoms with Crippen LogP contribution >= 0.6 is 0 Å². The predicted molar refractivity (Wildman–Crippen MR) is 163 cm³/mol. The van der Waals surface area contributed by atoms with Crippen molar-refractivity contribution in [3.8, 4) is 0 Å². The van der Waals surface area contributed by atoms with Crippen molar-refractivity contribution < 1.29 is 43.2 Å². The molecule has 12 unspecified atom stereocenters. The molecule has 5 rings (SSSR count). The Hall–Kier alpha value is -3.19. The van der Waals surface area contributed by atoms with Crippen LogP contribution in [0, 0.1) is 29.6 Å². The van der Waals surface area contributed by atoms with Crippen LogP contribution in [0.25, 0.3) is 0 Å². The summed E-state index contributed by atoms with van der Waals surface area (Å²) in [7, 11) is 5.27. The van der Waals surface area contributed by atoms with Gasteiger partial charge in [0.1, 0.15) is 35.7 Å². The van der Waals surface area contributed by atoms with Crippen molar-refractivity contribution in [3.63, 3.8) is 0 Å². The van der Waals surface area contributed by atoms with Gasteiger partial charge in [-0.05, 0) is 52.1 Å². The average molecular weight is 630 g/mol. The van der Waals surface area contributed by atoms with Crippen molar-refractivity contribution in [2.24, 2.45) is 29.6 Å². The number of alkyl carbamates (subject to hydrolysis) is 1. The molecule has 1 aromatic rings. The monoisotopic (exact) mass is 629 g/mol. The number of aromatic nitrogens is 1. The molecule has 0 aromatic carbocycles. The molecule has 2 aliphatic carbocycles. The molecular formula is C33H47N3O9. The number of likely N-dealkylation sites (N-methyl/N-ethyl adjacent to an activating group) is 1. The highest BCUT2D eigenvalue weighted by atomic mass is 16.6. The number of carbonyl (C=O) groups is 3. The fraction of sp³-hybridized carbons (Fsp3) is 0.667. The molecular weight excluding hydrogens is 582 g/mol. The first-order chi connectivity index (χ1) is 21.4. The lowest BCUT2D eigenvalue weighted by Gasteiger charge is -2.48. The lowest BCUT2D eigenvalue weighted by Crippen LogP contribution is -2.57. The van der Waals surface area contributed by atoms with Crippen molar-refractivity contribution in [3.05, 3.63) is 47.8 Å². The molecule has 4 bridgehead atoms. The quantitative estimate of drug-likeness (QED) is 0.223. The molecule has 12 atom stereocenters. The molecule has 1 saturated carbocycles. The van der Waals surface area contributed by atoms with Crippen molar-refractivity contribution in [2.75, 3.05) is 34.3 Å². The Morgan fingerprint density at radius 1 is 1.27 bits per heavy atom. The van der Waals surface area contributed by atoms with Gasteiger partial charge in [-0.2, -0.15) is 0 Å². The highest BCUT2D eigenvalue weighted by Gasteiger charge is 2.69. The largest absolute Gasteiger partial charge is 0.456 e. The zero-order chi connectivity index (χ0) is 32.6. The van der Waals surface area contributed by atoms with Gasteiger partial charge in [0, 0.05) is 56.0 Å². The van der Waals surface area contributed by atoms with E-state index in [9.17, 15) is 19.5 Å². The summed E-state index contributed by atoms with van der Waals surface area (Å²) in [6.07, 6.45) is 2.77. The number of cyclic esters (lactones) is 1. The zero-order valence-corrected chi connectivity index (χ0v) is 27.1. The average Bonchev–Trinajstić information content (AvgIpc) is 3.59. The Labute approximate surface area is 264 Å². The van der Waals surface area contributed by atoms with Gasteiger partial charge in [-0.1, -0.05) is 32.1 Å². The maximum absolute atomic E-state index is 13.5. The minimum Gasteiger partial charge on any atom is -0.456 e. The van der Waals surface area contributed by atoms with E-state index < -0.39 is 72.1 Å². The fourth-order valence-electron chi connectivity index (χ4n) is 7.79. The number of aliphatic hydroxyl groups excluding tert-OH is 1. The summed E-state index contributed by atoms with van der Waals surface area (Å²) in [5.74, 6) is -2.78. The number of esters is 2. The molecule has 2 fully saturated rings. The molecule has 3 N–H and O–H groups in total. The van der Waals surface area contributed by atoms with Crippen LogP contribution in [0.4, 0.5) is 4.79 Å². The van der Waals surface area contributed by atoms with Crippen LogP contribution in [0.1, 0.15) is 44.6 Å². The number of nitrogens with zero attached hydrogens (tertiary/aromatic N) is 1. The molecule has 248 valence electrons. The Bertz CT molecular complexity index is 1300. The van der Waals surface area contributed by atoms with Gasteiger partial charge >= 0.3 is 18.0 Å². The third kappa shape index (κ3) is 6.17. The van der Waals surface area contributed by atoms with Gasteiger partial charge in [-0.25, -0.2) is 14.4 Å². The van der Waals surface area contributed by atoms with E-state index in [4.69, 9.17) is 23.7 Å². The van der Waals surface area contributed by atoms with Crippen molar-refractivity contribution in [1.82, 2.24) is 15.2 Å². The Morgan fingerprint density at radius 2 is 2.02 bits per heavy atom. The third-order valence-corrected chi connectivity index (χ3v) is 10.0. The molecule has 1 saturated heterocycles. The number of aromatic amines is 1. The van der Waals surface area contributed by atoms with E-state index in [2.05, 4.69) is 10.3 Å². The highest BCUT2D eigenvalue weighted by Crippen LogP contribution is 2.61. The topological polar surface area (TPSA) is 149 Å². The summed E-state index contributed by atoms with van der Waals surface area (Å²) >= 11 is 0. The number of amides is 1. The minimum absolute atomic E-state index is 0.215. The van der Waals surface area contributed by atoms with Crippen LogP contribution in [-0.2, 0) is 28.5 Å². The second-order valence-corrected chi connectivity index (χ2v) is 13.2. The van der Waals surface area contributed by atoms with Gasteiger partial charge < -0.3 is 44.0 Å². The predicted octanol–water partition coefficient (Wildman–Crippen LogP) is 2.70. The van der Waals surface area contributed by atoms with E-state index >= 15 is 0 Å². The molecule has 3 heterocycles. The van der Waals surface area contributed by atoms with Crippen LogP contribution in [0.5, 0.6) is 0 Å². The molecule has 0 radical (unpaired) electrons. The second-order valence-electron chi connectivity index (χ2n) is 13.2. The number of hydrogen-bond donors (Lipinski definition) is 3. The highest BCUT2D eigenvalue weighted by molar-refractivity contribution is 5.87. The summed E-state index contributed by atoms with van der Waals surface area (Å²) in [6.45, 7) is 8.50. The first-order valence-corrected chi connectivity index (χ1v) is 15.8. The number of ether oxygens (including phenoxy) is 5. The standard InChI is InChI=1S/C33H47N3O9/c1-17-15-18(2)33-21(16-24(41-7)31(39)43-27(17)20(4)42-32(40)35-13-14-36(5)6)10-11-22-25(33)26(37)19(3)28(29(22)45-33)44-30(38)23-9-8-12-34-23/h8-12,15,17,19-22,24-29,34,37H,13-14,16H2,1-7H3,(H,35,40)/b18-15+. The van der Waals surface area contributed by atoms with E-state index in [0.717, 1.165) is 5.57 Å². The number of nitrogens with one attached hydrogen (secondary N) is 2. The SMILES string of the molecule is COC1CC2C=CC3C4OC2(/C(C)=C/C(C)C(C(C)OC(=O)NCCN(C)C)OC1=O)C3C(O)C(C)C4OC(=O)c1ccc[nH]1. The lowest BCUT2D eigenvalue weighted by molar-refractivity contribution is -0.172. The van der Waals surface area contributed by atoms with Crippen molar-refractivity contribution in [2.45, 2.75) is 76.3 Å². The summed E-state index contributed by atoms with van der Waals surface area (Å²) in [5.41, 5.74) is 0.196. The molecule has 12 nitrogen and oxygen atoms in total. The fourth-order valence-corrected chi connectivity index (χ4v) is 7.79. The van der Waals surface area contributed by atoms with Gasteiger partial charge in [0.15, 0.2) is 6.10 Å². The van der Waals surface area contributed by atoms with Gasteiger partial charge in [-0.15, -0.1) is 0 Å². The van der Waals surface area contributed by atoms with E-state index in [1.54, 1.807) is 25.3 Å². The van der Waals surface area contributed by atoms with Crippen molar-refractivity contribution in [1.29, 1.82) is 0 Å². The summed E-state index contributed by atoms with van der Waals surface area (Å²) in [4.78, 5) is 44.0. The molecule has 45 heavy (non-hydrogen) atoms. The van der Waals surface area contributed by atoms with Gasteiger partial charge in [-0.3, -0.25) is 0 Å². The van der Waals surface area contributed by atoms with Crippen LogP contribution in [0.2, 0.25) is 0 Å². The van der Waals surface area contributed by atoms with Gasteiger partial charge in [0.05, 0.1) is 6.10 Å². The number of aliphatic hydroxyl groups is 1. The molecule has 1 spiro atoms. The summed E-state index contributed by atoms with van der Waals surface area (Å²) in [6, 6.07) is 3.37. The van der Waals surface area contributed by atoms with Crippen LogP contribution < -0.4 is 5.32 Å². The summed E-state index contributed by atoms with van der Waals surface area (Å²) < 4.78 is 30.4. The van der Waals surface area contributed by atoms with E-state index in [-0.39, 0.29) is 24.2 Å². The molecule has 1 aromatic heterocycles. The number of carbonyl (C=O) groups excluding carboxylic acids is 3.